The standard InChI is InChI=1S/C20H20ClFN2O3/c1-27-19-16(6-3-7-17(19)22)20(26)23-15-11-18(25)24(12-15)9-8-13-4-2-5-14(21)10-13/h2-7,10,15H,8-9,11-12H2,1H3,(H,23,26). The van der Waals surface area contributed by atoms with Crippen LogP contribution in [0.5, 0.6) is 5.75 Å². The van der Waals surface area contributed by atoms with Crippen molar-refractivity contribution in [2.45, 2.75) is 18.9 Å². The maximum Gasteiger partial charge on any atom is 0.255 e. The summed E-state index contributed by atoms with van der Waals surface area (Å²) in [5.41, 5.74) is 1.16. The van der Waals surface area contributed by atoms with E-state index in [1.165, 1.54) is 25.3 Å². The predicted molar refractivity (Wildman–Crippen MR) is 101 cm³/mol. The molecule has 1 heterocycles. The fourth-order valence-corrected chi connectivity index (χ4v) is 3.41. The minimum Gasteiger partial charge on any atom is -0.493 e. The molecule has 2 aromatic rings. The number of amides is 2. The number of nitrogens with one attached hydrogen (secondary N) is 1. The molecule has 5 nitrogen and oxygen atoms in total. The highest BCUT2D eigenvalue weighted by atomic mass is 35.5. The maximum atomic E-state index is 13.8. The van der Waals surface area contributed by atoms with Gasteiger partial charge in [0, 0.05) is 24.5 Å². The molecule has 7 heteroatoms. The number of likely N-dealkylation sites (tertiary alicyclic amines) is 1. The van der Waals surface area contributed by atoms with Crippen LogP contribution in [-0.4, -0.2) is 43.0 Å². The number of halogens is 2. The lowest BCUT2D eigenvalue weighted by molar-refractivity contribution is -0.127. The summed E-state index contributed by atoms with van der Waals surface area (Å²) in [6.45, 7) is 0.970. The molecule has 1 aliphatic heterocycles. The van der Waals surface area contributed by atoms with E-state index >= 15 is 0 Å². The van der Waals surface area contributed by atoms with Gasteiger partial charge in [-0.3, -0.25) is 9.59 Å². The van der Waals surface area contributed by atoms with Crippen LogP contribution in [0.2, 0.25) is 5.02 Å². The number of rotatable bonds is 6. The van der Waals surface area contributed by atoms with Crippen molar-refractivity contribution in [3.63, 3.8) is 0 Å². The SMILES string of the molecule is COc1c(F)cccc1C(=O)NC1CC(=O)N(CCc2cccc(Cl)c2)C1. The fourth-order valence-electron chi connectivity index (χ4n) is 3.20. The van der Waals surface area contributed by atoms with Gasteiger partial charge >= 0.3 is 0 Å². The van der Waals surface area contributed by atoms with Crippen LogP contribution in [0.3, 0.4) is 0 Å². The van der Waals surface area contributed by atoms with Gasteiger partial charge in [-0.05, 0) is 36.2 Å². The molecule has 2 amide bonds. The smallest absolute Gasteiger partial charge is 0.255 e. The van der Waals surface area contributed by atoms with Crippen LogP contribution in [0, 0.1) is 5.82 Å². The zero-order valence-corrected chi connectivity index (χ0v) is 15.6. The second kappa shape index (κ2) is 8.39. The molecule has 0 spiro atoms. The van der Waals surface area contributed by atoms with Gasteiger partial charge in [0.05, 0.1) is 18.7 Å². The zero-order chi connectivity index (χ0) is 19.4. The van der Waals surface area contributed by atoms with Crippen LogP contribution in [0.4, 0.5) is 4.39 Å². The summed E-state index contributed by atoms with van der Waals surface area (Å²) in [5, 5.41) is 3.46. The summed E-state index contributed by atoms with van der Waals surface area (Å²) < 4.78 is 18.7. The van der Waals surface area contributed by atoms with E-state index in [9.17, 15) is 14.0 Å². The lowest BCUT2D eigenvalue weighted by Crippen LogP contribution is -2.37. The Morgan fingerprint density at radius 3 is 2.85 bits per heavy atom. The zero-order valence-electron chi connectivity index (χ0n) is 14.9. The van der Waals surface area contributed by atoms with Gasteiger partial charge in [-0.1, -0.05) is 29.8 Å². The van der Waals surface area contributed by atoms with Gasteiger partial charge in [0.15, 0.2) is 11.6 Å². The quantitative estimate of drug-likeness (QED) is 0.824. The number of nitrogens with zero attached hydrogens (tertiary/aromatic N) is 1. The molecule has 1 aliphatic rings. The van der Waals surface area contributed by atoms with Crippen molar-refractivity contribution in [2.75, 3.05) is 20.2 Å². The predicted octanol–water partition coefficient (Wildman–Crippen LogP) is 3.06. The van der Waals surface area contributed by atoms with Crippen LogP contribution in [0.25, 0.3) is 0 Å². The Morgan fingerprint density at radius 2 is 2.11 bits per heavy atom. The first kappa shape index (κ1) is 19.2. The lowest BCUT2D eigenvalue weighted by Gasteiger charge is -2.17. The Balaban J connectivity index is 1.59. The number of hydrogen-bond acceptors (Lipinski definition) is 3. The Kier molecular flexibility index (Phi) is 5.96. The number of ether oxygens (including phenoxy) is 1. The molecular weight excluding hydrogens is 371 g/mol. The van der Waals surface area contributed by atoms with Crippen molar-refractivity contribution in [2.24, 2.45) is 0 Å². The van der Waals surface area contributed by atoms with Crippen LogP contribution < -0.4 is 10.1 Å². The van der Waals surface area contributed by atoms with E-state index in [2.05, 4.69) is 5.32 Å². The average Bonchev–Trinajstić information content (AvgIpc) is 2.99. The number of methoxy groups -OCH3 is 1. The summed E-state index contributed by atoms with van der Waals surface area (Å²) in [6, 6.07) is 11.4. The van der Waals surface area contributed by atoms with E-state index in [0.717, 1.165) is 5.56 Å². The Bertz CT molecular complexity index is 859. The second-order valence-corrected chi connectivity index (χ2v) is 6.85. The fraction of sp³-hybridized carbons (Fsp3) is 0.300. The highest BCUT2D eigenvalue weighted by molar-refractivity contribution is 6.30. The van der Waals surface area contributed by atoms with Gasteiger partial charge in [-0.15, -0.1) is 0 Å². The summed E-state index contributed by atoms with van der Waals surface area (Å²) in [5.74, 6) is -1.18. The largest absolute Gasteiger partial charge is 0.493 e. The molecule has 0 aliphatic carbocycles. The van der Waals surface area contributed by atoms with Crippen molar-refractivity contribution in [3.8, 4) is 5.75 Å². The third kappa shape index (κ3) is 4.57. The van der Waals surface area contributed by atoms with Gasteiger partial charge < -0.3 is 15.0 Å². The summed E-state index contributed by atoms with van der Waals surface area (Å²) >= 11 is 5.98. The lowest BCUT2D eigenvalue weighted by atomic mass is 10.1. The summed E-state index contributed by atoms with van der Waals surface area (Å²) in [6.07, 6.45) is 0.906. The second-order valence-electron chi connectivity index (χ2n) is 6.41. The molecule has 0 bridgehead atoms. The normalized spacial score (nSPS) is 16.5. The number of hydrogen-bond donors (Lipinski definition) is 1. The molecule has 0 radical (unpaired) electrons. The van der Waals surface area contributed by atoms with E-state index in [-0.39, 0.29) is 29.7 Å². The van der Waals surface area contributed by atoms with Gasteiger partial charge in [0.2, 0.25) is 5.91 Å². The summed E-state index contributed by atoms with van der Waals surface area (Å²) in [4.78, 5) is 26.4. The van der Waals surface area contributed by atoms with Crippen molar-refractivity contribution < 1.29 is 18.7 Å². The molecule has 1 unspecified atom stereocenters. The molecule has 1 saturated heterocycles. The molecule has 3 rings (SSSR count). The maximum absolute atomic E-state index is 13.8. The molecule has 1 fully saturated rings. The number of carbonyl (C=O) groups is 2. The van der Waals surface area contributed by atoms with E-state index in [0.29, 0.717) is 24.5 Å². The van der Waals surface area contributed by atoms with E-state index in [1.807, 2.05) is 18.2 Å². The van der Waals surface area contributed by atoms with Crippen LogP contribution in [0.15, 0.2) is 42.5 Å². The van der Waals surface area contributed by atoms with Gasteiger partial charge in [0.1, 0.15) is 0 Å². The summed E-state index contributed by atoms with van der Waals surface area (Å²) in [7, 11) is 1.31. The molecule has 2 aromatic carbocycles. The topological polar surface area (TPSA) is 58.6 Å². The monoisotopic (exact) mass is 390 g/mol. The van der Waals surface area contributed by atoms with Crippen molar-refractivity contribution >= 4 is 23.4 Å². The Labute approximate surface area is 162 Å². The van der Waals surface area contributed by atoms with Gasteiger partial charge in [0.25, 0.3) is 5.91 Å². The van der Waals surface area contributed by atoms with Gasteiger partial charge in [-0.25, -0.2) is 4.39 Å². The van der Waals surface area contributed by atoms with Gasteiger partial charge in [-0.2, -0.15) is 0 Å². The van der Waals surface area contributed by atoms with Crippen LogP contribution in [0.1, 0.15) is 22.3 Å². The van der Waals surface area contributed by atoms with Crippen LogP contribution in [-0.2, 0) is 11.2 Å². The molecule has 0 aromatic heterocycles. The van der Waals surface area contributed by atoms with E-state index < -0.39 is 11.7 Å². The van der Waals surface area contributed by atoms with Crippen molar-refractivity contribution in [1.82, 2.24) is 10.2 Å². The van der Waals surface area contributed by atoms with E-state index in [4.69, 9.17) is 16.3 Å². The van der Waals surface area contributed by atoms with Crippen molar-refractivity contribution in [1.29, 1.82) is 0 Å². The molecule has 27 heavy (non-hydrogen) atoms. The minimum atomic E-state index is -0.601. The minimum absolute atomic E-state index is 0.0199. The Morgan fingerprint density at radius 1 is 1.33 bits per heavy atom. The molecular formula is C20H20ClFN2O3. The average molecular weight is 391 g/mol. The molecule has 142 valence electrons. The molecule has 0 saturated carbocycles. The molecule has 1 N–H and O–H groups in total. The highest BCUT2D eigenvalue weighted by Gasteiger charge is 2.31. The third-order valence-corrected chi connectivity index (χ3v) is 4.76. The third-order valence-electron chi connectivity index (χ3n) is 4.52. The highest BCUT2D eigenvalue weighted by Crippen LogP contribution is 2.23. The first-order valence-electron chi connectivity index (χ1n) is 8.63. The number of benzene rings is 2. The first-order chi connectivity index (χ1) is 13.0. The first-order valence-corrected chi connectivity index (χ1v) is 9.01. The van der Waals surface area contributed by atoms with Crippen molar-refractivity contribution in [3.05, 3.63) is 64.4 Å². The number of para-hydroxylation sites is 1. The van der Waals surface area contributed by atoms with E-state index in [1.54, 1.807) is 11.0 Å². The molecule has 1 atom stereocenters. The number of carbonyl (C=O) groups excluding carboxylic acids is 2. The Hall–Kier alpha value is -2.60. The van der Waals surface area contributed by atoms with Crippen LogP contribution >= 0.6 is 11.6 Å².